The van der Waals surface area contributed by atoms with Crippen LogP contribution in [0.2, 0.25) is 0 Å². The number of rotatable bonds is 10. The molecule has 0 aromatic rings. The van der Waals surface area contributed by atoms with Crippen molar-refractivity contribution in [1.82, 2.24) is 5.32 Å². The van der Waals surface area contributed by atoms with Gasteiger partial charge < -0.3 is 10.1 Å². The van der Waals surface area contributed by atoms with Crippen molar-refractivity contribution < 1.29 is 4.74 Å². The largest absolute Gasteiger partial charge is 0.377 e. The van der Waals surface area contributed by atoms with Crippen LogP contribution in [0.15, 0.2) is 0 Å². The molecule has 0 amide bonds. The second-order valence-corrected chi connectivity index (χ2v) is 5.20. The third kappa shape index (κ3) is 9.17. The zero-order valence-electron chi connectivity index (χ0n) is 11.9. The Morgan fingerprint density at radius 3 is 2.12 bits per heavy atom. The molecule has 2 heteroatoms. The van der Waals surface area contributed by atoms with E-state index in [9.17, 15) is 0 Å². The summed E-state index contributed by atoms with van der Waals surface area (Å²) in [4.78, 5) is 0. The highest BCUT2D eigenvalue weighted by atomic mass is 16.5. The van der Waals surface area contributed by atoms with Crippen LogP contribution in [-0.2, 0) is 4.74 Å². The van der Waals surface area contributed by atoms with Crippen LogP contribution in [0.4, 0.5) is 0 Å². The van der Waals surface area contributed by atoms with E-state index in [0.29, 0.717) is 18.1 Å². The molecule has 16 heavy (non-hydrogen) atoms. The van der Waals surface area contributed by atoms with Crippen LogP contribution in [0.25, 0.3) is 0 Å². The predicted octanol–water partition coefficient (Wildman–Crippen LogP) is 3.61. The highest BCUT2D eigenvalue weighted by Crippen LogP contribution is 2.09. The van der Waals surface area contributed by atoms with E-state index in [4.69, 9.17) is 4.74 Å². The number of hydrogen-bond acceptors (Lipinski definition) is 2. The van der Waals surface area contributed by atoms with Gasteiger partial charge in [-0.3, -0.25) is 0 Å². The highest BCUT2D eigenvalue weighted by Gasteiger charge is 2.10. The van der Waals surface area contributed by atoms with E-state index in [0.717, 1.165) is 13.2 Å². The lowest BCUT2D eigenvalue weighted by atomic mass is 10.1. The topological polar surface area (TPSA) is 21.3 Å². The van der Waals surface area contributed by atoms with Gasteiger partial charge in [-0.1, -0.05) is 47.5 Å². The fraction of sp³-hybridized carbons (Fsp3) is 1.00. The van der Waals surface area contributed by atoms with E-state index in [1.54, 1.807) is 0 Å². The smallest absolute Gasteiger partial charge is 0.0699 e. The van der Waals surface area contributed by atoms with Gasteiger partial charge in [0.15, 0.2) is 0 Å². The van der Waals surface area contributed by atoms with Crippen molar-refractivity contribution >= 4 is 0 Å². The zero-order valence-corrected chi connectivity index (χ0v) is 11.9. The average molecular weight is 229 g/mol. The zero-order chi connectivity index (χ0) is 12.4. The van der Waals surface area contributed by atoms with Gasteiger partial charge in [-0.25, -0.2) is 0 Å². The van der Waals surface area contributed by atoms with Crippen molar-refractivity contribution in [3.05, 3.63) is 0 Å². The molecule has 0 heterocycles. The van der Waals surface area contributed by atoms with Crippen LogP contribution in [0.3, 0.4) is 0 Å². The van der Waals surface area contributed by atoms with Crippen LogP contribution >= 0.6 is 0 Å². The molecule has 0 spiro atoms. The molecule has 0 bridgehead atoms. The maximum absolute atomic E-state index is 5.98. The Morgan fingerprint density at radius 2 is 1.62 bits per heavy atom. The van der Waals surface area contributed by atoms with Crippen molar-refractivity contribution in [3.8, 4) is 0 Å². The number of hydrogen-bond donors (Lipinski definition) is 1. The van der Waals surface area contributed by atoms with Gasteiger partial charge in [0.1, 0.15) is 0 Å². The summed E-state index contributed by atoms with van der Waals surface area (Å²) in [5.74, 6) is 0.698. The van der Waals surface area contributed by atoms with Crippen molar-refractivity contribution in [2.75, 3.05) is 13.2 Å². The predicted molar refractivity (Wildman–Crippen MR) is 71.9 cm³/mol. The lowest BCUT2D eigenvalue weighted by Crippen LogP contribution is -2.34. The summed E-state index contributed by atoms with van der Waals surface area (Å²) in [7, 11) is 0. The van der Waals surface area contributed by atoms with Gasteiger partial charge in [0.25, 0.3) is 0 Å². The molecule has 0 aromatic heterocycles. The first kappa shape index (κ1) is 15.9. The fourth-order valence-corrected chi connectivity index (χ4v) is 1.81. The molecule has 0 saturated carbocycles. The van der Waals surface area contributed by atoms with Gasteiger partial charge in [0, 0.05) is 19.2 Å². The third-order valence-electron chi connectivity index (χ3n) is 2.76. The molecule has 2 nitrogen and oxygen atoms in total. The molecule has 0 aliphatic carbocycles. The average Bonchev–Trinajstić information content (AvgIpc) is 2.22. The minimum Gasteiger partial charge on any atom is -0.377 e. The first-order valence-electron chi connectivity index (χ1n) is 6.95. The van der Waals surface area contributed by atoms with Crippen molar-refractivity contribution in [3.63, 3.8) is 0 Å². The third-order valence-corrected chi connectivity index (χ3v) is 2.76. The van der Waals surface area contributed by atoms with Gasteiger partial charge in [-0.15, -0.1) is 0 Å². The molecule has 1 N–H and O–H groups in total. The van der Waals surface area contributed by atoms with E-state index in [1.807, 2.05) is 0 Å². The molecular formula is C14H31NO. The Kier molecular flexibility index (Phi) is 10.0. The summed E-state index contributed by atoms with van der Waals surface area (Å²) in [6.45, 7) is 13.0. The van der Waals surface area contributed by atoms with Gasteiger partial charge in [-0.2, -0.15) is 0 Å². The molecule has 0 radical (unpaired) electrons. The lowest BCUT2D eigenvalue weighted by Gasteiger charge is -2.21. The van der Waals surface area contributed by atoms with Gasteiger partial charge in [0.05, 0.1) is 6.10 Å². The molecule has 0 rings (SSSR count). The molecule has 0 aromatic carbocycles. The Bertz CT molecular complexity index is 148. The molecule has 2 unspecified atom stereocenters. The van der Waals surface area contributed by atoms with Gasteiger partial charge in [-0.05, 0) is 18.8 Å². The quantitative estimate of drug-likeness (QED) is 0.618. The Hall–Kier alpha value is -0.0800. The summed E-state index contributed by atoms with van der Waals surface area (Å²) in [5.41, 5.74) is 0. The Balaban J connectivity index is 3.74. The van der Waals surface area contributed by atoms with E-state index >= 15 is 0 Å². The summed E-state index contributed by atoms with van der Waals surface area (Å²) < 4.78 is 5.98. The Labute approximate surface area is 102 Å². The van der Waals surface area contributed by atoms with Crippen LogP contribution in [0.1, 0.15) is 60.3 Å². The monoisotopic (exact) mass is 229 g/mol. The maximum atomic E-state index is 5.98. The van der Waals surface area contributed by atoms with Crippen LogP contribution in [-0.4, -0.2) is 25.3 Å². The maximum Gasteiger partial charge on any atom is 0.0699 e. The van der Waals surface area contributed by atoms with E-state index < -0.39 is 0 Å². The minimum absolute atomic E-state index is 0.395. The van der Waals surface area contributed by atoms with Crippen LogP contribution < -0.4 is 5.32 Å². The highest BCUT2D eigenvalue weighted by molar-refractivity contribution is 4.64. The minimum atomic E-state index is 0.395. The van der Waals surface area contributed by atoms with E-state index in [1.165, 1.54) is 25.7 Å². The molecule has 0 aliphatic heterocycles. The standard InChI is InChI=1S/C14H31NO/c1-6-8-13(5)11-16-14(9-7-2)10-15-12(3)4/h12-15H,6-11H2,1-5H3. The number of nitrogens with one attached hydrogen (secondary N) is 1. The van der Waals surface area contributed by atoms with Crippen LogP contribution in [0.5, 0.6) is 0 Å². The van der Waals surface area contributed by atoms with Gasteiger partial charge >= 0.3 is 0 Å². The molecule has 2 atom stereocenters. The molecule has 0 saturated heterocycles. The SMILES string of the molecule is CCCC(C)COC(CCC)CNC(C)C. The lowest BCUT2D eigenvalue weighted by molar-refractivity contribution is 0.0247. The number of ether oxygens (including phenoxy) is 1. The second-order valence-electron chi connectivity index (χ2n) is 5.20. The first-order valence-corrected chi connectivity index (χ1v) is 6.95. The fourth-order valence-electron chi connectivity index (χ4n) is 1.81. The van der Waals surface area contributed by atoms with Crippen molar-refractivity contribution in [1.29, 1.82) is 0 Å². The normalized spacial score (nSPS) is 15.4. The first-order chi connectivity index (χ1) is 7.60. The molecule has 0 fully saturated rings. The van der Waals surface area contributed by atoms with Gasteiger partial charge in [0.2, 0.25) is 0 Å². The summed E-state index contributed by atoms with van der Waals surface area (Å²) >= 11 is 0. The molecule has 98 valence electrons. The molecular weight excluding hydrogens is 198 g/mol. The summed E-state index contributed by atoms with van der Waals surface area (Å²) in [6, 6.07) is 0.552. The van der Waals surface area contributed by atoms with E-state index in [-0.39, 0.29) is 0 Å². The van der Waals surface area contributed by atoms with Crippen LogP contribution in [0, 0.1) is 5.92 Å². The van der Waals surface area contributed by atoms with Crippen molar-refractivity contribution in [2.24, 2.45) is 5.92 Å². The summed E-state index contributed by atoms with van der Waals surface area (Å²) in [6.07, 6.45) is 5.29. The second kappa shape index (κ2) is 10.1. The summed E-state index contributed by atoms with van der Waals surface area (Å²) in [5, 5.41) is 3.46. The molecule has 0 aliphatic rings. The van der Waals surface area contributed by atoms with E-state index in [2.05, 4.69) is 39.9 Å². The van der Waals surface area contributed by atoms with Crippen molar-refractivity contribution in [2.45, 2.75) is 72.4 Å². The Morgan fingerprint density at radius 1 is 1.00 bits per heavy atom.